The second-order valence-corrected chi connectivity index (χ2v) is 7.02. The fourth-order valence-electron chi connectivity index (χ4n) is 2.93. The van der Waals surface area contributed by atoms with Crippen molar-refractivity contribution in [1.82, 2.24) is 10.6 Å². The van der Waals surface area contributed by atoms with Crippen LogP contribution in [-0.4, -0.2) is 43.5 Å². The number of rotatable bonds is 8. The first-order chi connectivity index (χ1) is 12.9. The van der Waals surface area contributed by atoms with Crippen molar-refractivity contribution in [2.75, 3.05) is 36.4 Å². The van der Waals surface area contributed by atoms with Gasteiger partial charge in [-0.05, 0) is 31.5 Å². The van der Waals surface area contributed by atoms with Gasteiger partial charge in [-0.25, -0.2) is 9.59 Å². The van der Waals surface area contributed by atoms with E-state index in [4.69, 9.17) is 39.5 Å². The number of carbonyl (C=O) groups excluding carboxylic acids is 2. The van der Waals surface area contributed by atoms with Crippen molar-refractivity contribution >= 4 is 52.5 Å². The number of hydrogen-bond donors (Lipinski definition) is 2. The summed E-state index contributed by atoms with van der Waals surface area (Å²) in [4.78, 5) is 26.4. The molecule has 0 bridgehead atoms. The predicted octanol–water partition coefficient (Wildman–Crippen LogP) is 3.82. The number of alkyl halides is 2. The molecule has 2 rings (SSSR count). The minimum atomic E-state index is -0.700. The van der Waals surface area contributed by atoms with Gasteiger partial charge in [0.1, 0.15) is 0 Å². The molecule has 0 aliphatic carbocycles. The van der Waals surface area contributed by atoms with Crippen LogP contribution < -0.4 is 15.5 Å². The lowest BCUT2D eigenvalue weighted by Crippen LogP contribution is -2.45. The molecule has 0 aromatic heterocycles. The third-order valence-electron chi connectivity index (χ3n) is 4.13. The Hall–Kier alpha value is -1.63. The smallest absolute Gasteiger partial charge is 0.338 e. The molecule has 2 N–H and O–H groups in total. The number of benzene rings is 1. The molecular weight excluding hydrogens is 413 g/mol. The quantitative estimate of drug-likeness (QED) is 0.482. The maximum absolute atomic E-state index is 12.4. The third kappa shape index (κ3) is 5.21. The summed E-state index contributed by atoms with van der Waals surface area (Å²) in [6.45, 7) is 4.86. The van der Waals surface area contributed by atoms with Crippen molar-refractivity contribution in [2.45, 2.75) is 19.9 Å². The molecule has 1 heterocycles. The zero-order chi connectivity index (χ0) is 20.0. The summed E-state index contributed by atoms with van der Waals surface area (Å²) in [7, 11) is 0. The Bertz CT molecular complexity index is 734. The molecule has 2 amide bonds. The minimum absolute atomic E-state index is 0.231. The van der Waals surface area contributed by atoms with Crippen molar-refractivity contribution in [1.29, 1.82) is 0 Å². The molecule has 0 saturated carbocycles. The monoisotopic (exact) mass is 433 g/mol. The van der Waals surface area contributed by atoms with Crippen LogP contribution in [0.3, 0.4) is 0 Å². The summed E-state index contributed by atoms with van der Waals surface area (Å²) in [6, 6.07) is 4.33. The van der Waals surface area contributed by atoms with E-state index in [0.29, 0.717) is 46.7 Å². The van der Waals surface area contributed by atoms with Crippen LogP contribution in [0, 0.1) is 0 Å². The molecule has 0 radical (unpaired) electrons. The predicted molar refractivity (Wildman–Crippen MR) is 109 cm³/mol. The fourth-order valence-corrected chi connectivity index (χ4v) is 3.62. The van der Waals surface area contributed by atoms with Gasteiger partial charge >= 0.3 is 12.0 Å². The van der Waals surface area contributed by atoms with E-state index < -0.39 is 18.0 Å². The standard InChI is InChI=1S/C18H22Cl3N3O3/c1-3-27-17(25)15-11(2)22-18(26)23-16(15)13-5-4-12(10-14(13)21)24(8-6-19)9-7-20/h4-5,10,16H,3,6-9H2,1-2H3,(H2,22,23,26)/t16-/m1/s1. The Morgan fingerprint density at radius 1 is 1.26 bits per heavy atom. The van der Waals surface area contributed by atoms with E-state index in [9.17, 15) is 9.59 Å². The minimum Gasteiger partial charge on any atom is -0.463 e. The third-order valence-corrected chi connectivity index (χ3v) is 4.80. The highest BCUT2D eigenvalue weighted by atomic mass is 35.5. The van der Waals surface area contributed by atoms with Gasteiger partial charge in [0, 0.05) is 41.3 Å². The molecule has 6 nitrogen and oxygen atoms in total. The van der Waals surface area contributed by atoms with Gasteiger partial charge in [-0.1, -0.05) is 17.7 Å². The number of amides is 2. The van der Waals surface area contributed by atoms with E-state index in [-0.39, 0.29) is 6.61 Å². The fraction of sp³-hybridized carbons (Fsp3) is 0.444. The van der Waals surface area contributed by atoms with Crippen LogP contribution in [0.2, 0.25) is 5.02 Å². The largest absolute Gasteiger partial charge is 0.463 e. The highest BCUT2D eigenvalue weighted by Crippen LogP contribution is 2.34. The number of hydrogen-bond acceptors (Lipinski definition) is 4. The van der Waals surface area contributed by atoms with Gasteiger partial charge in [0.15, 0.2) is 0 Å². The van der Waals surface area contributed by atoms with Crippen molar-refractivity contribution < 1.29 is 14.3 Å². The van der Waals surface area contributed by atoms with Crippen LogP contribution in [0.15, 0.2) is 29.5 Å². The number of anilines is 1. The number of ether oxygens (including phenoxy) is 1. The summed E-state index contributed by atoms with van der Waals surface area (Å²) >= 11 is 18.2. The molecule has 0 spiro atoms. The molecule has 148 valence electrons. The summed E-state index contributed by atoms with van der Waals surface area (Å²) in [5, 5.41) is 5.76. The van der Waals surface area contributed by atoms with Gasteiger partial charge in [-0.2, -0.15) is 0 Å². The molecule has 1 atom stereocenters. The summed E-state index contributed by atoms with van der Waals surface area (Å²) in [5.41, 5.74) is 2.23. The highest BCUT2D eigenvalue weighted by molar-refractivity contribution is 6.31. The highest BCUT2D eigenvalue weighted by Gasteiger charge is 2.33. The SMILES string of the molecule is CCOC(=O)C1=C(C)NC(=O)N[C@@H]1c1ccc(N(CCCl)CCCl)cc1Cl. The zero-order valence-corrected chi connectivity index (χ0v) is 17.4. The van der Waals surface area contributed by atoms with E-state index in [1.165, 1.54) is 0 Å². The number of halogens is 3. The van der Waals surface area contributed by atoms with Gasteiger partial charge in [-0.3, -0.25) is 0 Å². The first kappa shape index (κ1) is 21.7. The summed E-state index contributed by atoms with van der Waals surface area (Å²) in [6.07, 6.45) is 0. The van der Waals surface area contributed by atoms with Gasteiger partial charge < -0.3 is 20.3 Å². The van der Waals surface area contributed by atoms with E-state index in [1.807, 2.05) is 11.0 Å². The van der Waals surface area contributed by atoms with E-state index in [2.05, 4.69) is 10.6 Å². The lowest BCUT2D eigenvalue weighted by Gasteiger charge is -2.29. The van der Waals surface area contributed by atoms with Crippen molar-refractivity contribution in [3.05, 3.63) is 40.1 Å². The van der Waals surface area contributed by atoms with Crippen molar-refractivity contribution in [3.8, 4) is 0 Å². The van der Waals surface area contributed by atoms with E-state index in [0.717, 1.165) is 5.69 Å². The van der Waals surface area contributed by atoms with E-state index in [1.54, 1.807) is 26.0 Å². The van der Waals surface area contributed by atoms with Gasteiger partial charge in [0.05, 0.1) is 18.2 Å². The molecule has 0 fully saturated rings. The molecule has 9 heteroatoms. The van der Waals surface area contributed by atoms with Crippen LogP contribution in [0.1, 0.15) is 25.5 Å². The van der Waals surface area contributed by atoms with Crippen LogP contribution in [0.4, 0.5) is 10.5 Å². The first-order valence-corrected chi connectivity index (χ1v) is 9.99. The van der Waals surface area contributed by atoms with Gasteiger partial charge in [-0.15, -0.1) is 23.2 Å². The summed E-state index contributed by atoms with van der Waals surface area (Å²) < 4.78 is 5.14. The number of esters is 1. The molecule has 0 saturated heterocycles. The number of nitrogens with zero attached hydrogens (tertiary/aromatic N) is 1. The number of carbonyl (C=O) groups is 2. The molecular formula is C18H22Cl3N3O3. The maximum atomic E-state index is 12.4. The molecule has 27 heavy (non-hydrogen) atoms. The molecule has 0 unspecified atom stereocenters. The molecule has 1 aliphatic rings. The molecule has 1 aromatic rings. The van der Waals surface area contributed by atoms with Gasteiger partial charge in [0.25, 0.3) is 0 Å². The topological polar surface area (TPSA) is 70.7 Å². The maximum Gasteiger partial charge on any atom is 0.338 e. The van der Waals surface area contributed by atoms with Crippen LogP contribution in [0.5, 0.6) is 0 Å². The average Bonchev–Trinajstić information content (AvgIpc) is 2.61. The van der Waals surface area contributed by atoms with E-state index >= 15 is 0 Å². The second-order valence-electron chi connectivity index (χ2n) is 5.86. The lowest BCUT2D eigenvalue weighted by atomic mass is 9.95. The Kier molecular flexibility index (Phi) is 8.07. The van der Waals surface area contributed by atoms with Crippen molar-refractivity contribution in [3.63, 3.8) is 0 Å². The Balaban J connectivity index is 2.41. The van der Waals surface area contributed by atoms with Crippen LogP contribution >= 0.6 is 34.8 Å². The lowest BCUT2D eigenvalue weighted by molar-refractivity contribution is -0.139. The zero-order valence-electron chi connectivity index (χ0n) is 15.2. The first-order valence-electron chi connectivity index (χ1n) is 8.54. The normalized spacial score (nSPS) is 16.6. The number of nitrogens with one attached hydrogen (secondary N) is 2. The average molecular weight is 435 g/mol. The summed E-state index contributed by atoms with van der Waals surface area (Å²) in [5.74, 6) is 0.406. The van der Waals surface area contributed by atoms with Gasteiger partial charge in [0.2, 0.25) is 0 Å². The Labute approximate surface area is 173 Å². The molecule has 1 aromatic carbocycles. The van der Waals surface area contributed by atoms with Crippen LogP contribution in [0.25, 0.3) is 0 Å². The van der Waals surface area contributed by atoms with Crippen molar-refractivity contribution in [2.24, 2.45) is 0 Å². The van der Waals surface area contributed by atoms with Crippen LogP contribution in [-0.2, 0) is 9.53 Å². The Morgan fingerprint density at radius 3 is 2.48 bits per heavy atom. The Morgan fingerprint density at radius 2 is 1.93 bits per heavy atom. The number of urea groups is 1. The number of allylic oxidation sites excluding steroid dienone is 1. The molecule has 1 aliphatic heterocycles. The second kappa shape index (κ2) is 10.1.